The lowest BCUT2D eigenvalue weighted by molar-refractivity contribution is 0.135. The van der Waals surface area contributed by atoms with E-state index in [1.165, 1.54) is 58.5 Å². The SMILES string of the molecule is c1cnc(N2C[C@H]3CN(CCN4CCCC4)CC[C@H]3C2)nc1. The molecule has 0 bridgehead atoms. The summed E-state index contributed by atoms with van der Waals surface area (Å²) in [7, 11) is 0. The average molecular weight is 301 g/mol. The first-order chi connectivity index (χ1) is 10.9. The number of hydrogen-bond donors (Lipinski definition) is 0. The van der Waals surface area contributed by atoms with Crippen molar-refractivity contribution in [3.63, 3.8) is 0 Å². The monoisotopic (exact) mass is 301 g/mol. The fourth-order valence-electron chi connectivity index (χ4n) is 4.35. The molecule has 3 aliphatic heterocycles. The summed E-state index contributed by atoms with van der Waals surface area (Å²) in [4.78, 5) is 16.5. The van der Waals surface area contributed by atoms with Crippen molar-refractivity contribution in [2.24, 2.45) is 11.8 Å². The van der Waals surface area contributed by atoms with Crippen molar-refractivity contribution >= 4 is 5.95 Å². The number of likely N-dealkylation sites (tertiary alicyclic amines) is 2. The van der Waals surface area contributed by atoms with Crippen LogP contribution >= 0.6 is 0 Å². The summed E-state index contributed by atoms with van der Waals surface area (Å²) in [6.45, 7) is 9.98. The average Bonchev–Trinajstić information content (AvgIpc) is 3.22. The molecule has 0 aromatic carbocycles. The zero-order chi connectivity index (χ0) is 14.8. The molecule has 4 rings (SSSR count). The molecule has 3 fully saturated rings. The van der Waals surface area contributed by atoms with Crippen molar-refractivity contribution in [3.8, 4) is 0 Å². The van der Waals surface area contributed by atoms with Gasteiger partial charge in [-0.25, -0.2) is 9.97 Å². The molecule has 0 N–H and O–H groups in total. The second-order valence-corrected chi connectivity index (χ2v) is 7.11. The molecule has 3 saturated heterocycles. The van der Waals surface area contributed by atoms with Gasteiger partial charge in [0.1, 0.15) is 0 Å². The standard InChI is InChI=1S/C17H27N5/c1-2-8-20(7-1)10-11-21-9-4-15-13-22(14-16(15)12-21)17-18-5-3-6-19-17/h3,5-6,15-16H,1-2,4,7-14H2/t15-,16+/m0/s1. The van der Waals surface area contributed by atoms with E-state index < -0.39 is 0 Å². The van der Waals surface area contributed by atoms with E-state index in [9.17, 15) is 0 Å². The Kier molecular flexibility index (Phi) is 4.26. The summed E-state index contributed by atoms with van der Waals surface area (Å²) in [5, 5.41) is 0. The third-order valence-corrected chi connectivity index (χ3v) is 5.65. The van der Waals surface area contributed by atoms with Crippen LogP contribution in [0.4, 0.5) is 5.95 Å². The Labute approximate surface area is 133 Å². The van der Waals surface area contributed by atoms with E-state index in [0.29, 0.717) is 0 Å². The molecule has 1 aromatic rings. The Morgan fingerprint density at radius 1 is 0.864 bits per heavy atom. The normalized spacial score (nSPS) is 29.9. The van der Waals surface area contributed by atoms with E-state index in [1.54, 1.807) is 0 Å². The summed E-state index contributed by atoms with van der Waals surface area (Å²) in [5.74, 6) is 2.56. The van der Waals surface area contributed by atoms with Gasteiger partial charge in [-0.15, -0.1) is 0 Å². The maximum Gasteiger partial charge on any atom is 0.225 e. The minimum atomic E-state index is 0.802. The maximum atomic E-state index is 4.42. The fourth-order valence-corrected chi connectivity index (χ4v) is 4.35. The van der Waals surface area contributed by atoms with Crippen molar-refractivity contribution in [1.29, 1.82) is 0 Å². The molecule has 0 amide bonds. The molecule has 0 unspecified atom stereocenters. The highest BCUT2D eigenvalue weighted by Gasteiger charge is 2.37. The van der Waals surface area contributed by atoms with Gasteiger partial charge in [0.25, 0.3) is 0 Å². The summed E-state index contributed by atoms with van der Waals surface area (Å²) in [5.41, 5.74) is 0. The molecule has 0 saturated carbocycles. The van der Waals surface area contributed by atoms with Crippen molar-refractivity contribution in [1.82, 2.24) is 19.8 Å². The number of nitrogens with zero attached hydrogens (tertiary/aromatic N) is 5. The first-order valence-electron chi connectivity index (χ1n) is 8.85. The molecule has 5 nitrogen and oxygen atoms in total. The highest BCUT2D eigenvalue weighted by Crippen LogP contribution is 2.32. The van der Waals surface area contributed by atoms with Gasteiger partial charge in [0, 0.05) is 45.1 Å². The summed E-state index contributed by atoms with van der Waals surface area (Å²) in [6.07, 6.45) is 7.85. The molecular weight excluding hydrogens is 274 g/mol. The Balaban J connectivity index is 1.30. The van der Waals surface area contributed by atoms with Crippen LogP contribution in [0.2, 0.25) is 0 Å². The Bertz CT molecular complexity index is 473. The number of piperidine rings is 1. The highest BCUT2D eigenvalue weighted by molar-refractivity contribution is 5.31. The van der Waals surface area contributed by atoms with Crippen molar-refractivity contribution in [2.45, 2.75) is 19.3 Å². The second-order valence-electron chi connectivity index (χ2n) is 7.11. The predicted molar refractivity (Wildman–Crippen MR) is 88.0 cm³/mol. The Hall–Kier alpha value is -1.20. The molecule has 0 radical (unpaired) electrons. The number of hydrogen-bond acceptors (Lipinski definition) is 5. The van der Waals surface area contributed by atoms with E-state index >= 15 is 0 Å². The summed E-state index contributed by atoms with van der Waals surface area (Å²) >= 11 is 0. The van der Waals surface area contributed by atoms with Crippen molar-refractivity contribution < 1.29 is 0 Å². The van der Waals surface area contributed by atoms with Gasteiger partial charge >= 0.3 is 0 Å². The zero-order valence-electron chi connectivity index (χ0n) is 13.4. The van der Waals surface area contributed by atoms with Gasteiger partial charge in [-0.2, -0.15) is 0 Å². The molecular formula is C17H27N5. The molecule has 22 heavy (non-hydrogen) atoms. The van der Waals surface area contributed by atoms with Crippen LogP contribution in [0, 0.1) is 11.8 Å². The zero-order valence-corrected chi connectivity index (χ0v) is 13.4. The van der Waals surface area contributed by atoms with Crippen molar-refractivity contribution in [2.75, 3.05) is 57.3 Å². The lowest BCUT2D eigenvalue weighted by Gasteiger charge is -2.35. The van der Waals surface area contributed by atoms with Crippen LogP contribution < -0.4 is 4.90 Å². The largest absolute Gasteiger partial charge is 0.340 e. The maximum absolute atomic E-state index is 4.42. The van der Waals surface area contributed by atoms with Gasteiger partial charge in [-0.3, -0.25) is 0 Å². The van der Waals surface area contributed by atoms with Crippen LogP contribution in [0.1, 0.15) is 19.3 Å². The first-order valence-corrected chi connectivity index (χ1v) is 8.85. The van der Waals surface area contributed by atoms with Crippen LogP contribution in [-0.4, -0.2) is 72.1 Å². The van der Waals surface area contributed by atoms with Gasteiger partial charge in [0.2, 0.25) is 5.95 Å². The molecule has 5 heteroatoms. The number of anilines is 1. The summed E-state index contributed by atoms with van der Waals surface area (Å²) in [6, 6.07) is 1.90. The van der Waals surface area contributed by atoms with Crippen molar-refractivity contribution in [3.05, 3.63) is 18.5 Å². The quantitative estimate of drug-likeness (QED) is 0.838. The van der Waals surface area contributed by atoms with Gasteiger partial charge in [0.15, 0.2) is 0 Å². The van der Waals surface area contributed by atoms with Gasteiger partial charge in [0.05, 0.1) is 0 Å². The molecule has 3 aliphatic rings. The van der Waals surface area contributed by atoms with Gasteiger partial charge in [-0.1, -0.05) is 0 Å². The molecule has 120 valence electrons. The lowest BCUT2D eigenvalue weighted by Crippen LogP contribution is -2.43. The van der Waals surface area contributed by atoms with Gasteiger partial charge < -0.3 is 14.7 Å². The molecule has 0 spiro atoms. The molecule has 0 aliphatic carbocycles. The van der Waals surface area contributed by atoms with Crippen LogP contribution in [0.15, 0.2) is 18.5 Å². The van der Waals surface area contributed by atoms with E-state index in [1.807, 2.05) is 18.5 Å². The molecule has 4 heterocycles. The summed E-state index contributed by atoms with van der Waals surface area (Å²) < 4.78 is 0. The lowest BCUT2D eigenvalue weighted by atomic mass is 9.89. The van der Waals surface area contributed by atoms with Crippen LogP contribution in [0.5, 0.6) is 0 Å². The minimum absolute atomic E-state index is 0.802. The number of fused-ring (bicyclic) bond motifs is 1. The minimum Gasteiger partial charge on any atom is -0.340 e. The first kappa shape index (κ1) is 14.4. The molecule has 1 aromatic heterocycles. The number of aromatic nitrogens is 2. The molecule has 2 atom stereocenters. The highest BCUT2D eigenvalue weighted by atomic mass is 15.3. The van der Waals surface area contributed by atoms with Crippen LogP contribution in [0.25, 0.3) is 0 Å². The van der Waals surface area contributed by atoms with E-state index in [4.69, 9.17) is 0 Å². The van der Waals surface area contributed by atoms with E-state index in [2.05, 4.69) is 24.7 Å². The third-order valence-electron chi connectivity index (χ3n) is 5.65. The van der Waals surface area contributed by atoms with Crippen LogP contribution in [0.3, 0.4) is 0 Å². The third kappa shape index (κ3) is 3.10. The smallest absolute Gasteiger partial charge is 0.225 e. The van der Waals surface area contributed by atoms with Crippen LogP contribution in [-0.2, 0) is 0 Å². The predicted octanol–water partition coefficient (Wildman–Crippen LogP) is 1.33. The fraction of sp³-hybridized carbons (Fsp3) is 0.765. The Morgan fingerprint density at radius 2 is 1.59 bits per heavy atom. The topological polar surface area (TPSA) is 35.5 Å². The second kappa shape index (κ2) is 6.50. The van der Waals surface area contributed by atoms with E-state index in [0.717, 1.165) is 30.9 Å². The van der Waals surface area contributed by atoms with Gasteiger partial charge in [-0.05, 0) is 56.8 Å². The Morgan fingerprint density at radius 3 is 2.41 bits per heavy atom. The number of rotatable bonds is 4. The van der Waals surface area contributed by atoms with E-state index in [-0.39, 0.29) is 0 Å².